The summed E-state index contributed by atoms with van der Waals surface area (Å²) in [7, 11) is 1.33. The number of phosphoric acid groups is 1. The van der Waals surface area contributed by atoms with Crippen molar-refractivity contribution in [3.63, 3.8) is 0 Å². The molecule has 0 N–H and O–H groups in total. The van der Waals surface area contributed by atoms with E-state index in [0.717, 1.165) is 83.5 Å². The molecule has 0 heterocycles. The lowest BCUT2D eigenvalue weighted by Gasteiger charge is -2.28. The average Bonchev–Trinajstić information content (AvgIpc) is 3.24. The molecule has 0 saturated carbocycles. The second kappa shape index (κ2) is 46.2. The highest BCUT2D eigenvalue weighted by Gasteiger charge is 2.20. The lowest BCUT2D eigenvalue weighted by atomic mass is 10.1. The Balaban J connectivity index is 4.21. The molecule has 2 atom stereocenters. The smallest absolute Gasteiger partial charge is 0.306 e. The van der Waals surface area contributed by atoms with Gasteiger partial charge < -0.3 is 27.9 Å². The molecular formula is C54H96NO7P. The van der Waals surface area contributed by atoms with E-state index in [1.165, 1.54) is 89.9 Å². The molecule has 0 aromatic rings. The summed E-state index contributed by atoms with van der Waals surface area (Å²) in [5.74, 6) is -0.351. The SMILES string of the molecule is CC/C=C\C/C=C\C/C=C\C/C=C\CCCCCCCCCCCOCC(COP(=O)([O-])OCC[N+](C)(C)C)OC(=O)CCCCCCCC/C=C\C/C=C\C/C=C\CCCCC. The first-order valence-corrected chi connectivity index (χ1v) is 26.8. The molecule has 9 heteroatoms. The van der Waals surface area contributed by atoms with Crippen molar-refractivity contribution in [1.29, 1.82) is 0 Å². The van der Waals surface area contributed by atoms with Crippen LogP contribution in [-0.4, -0.2) is 70.7 Å². The van der Waals surface area contributed by atoms with Gasteiger partial charge in [0.2, 0.25) is 0 Å². The number of nitrogens with zero attached hydrogens (tertiary/aromatic N) is 1. The van der Waals surface area contributed by atoms with Gasteiger partial charge in [0.15, 0.2) is 0 Å². The van der Waals surface area contributed by atoms with Crippen molar-refractivity contribution in [3.8, 4) is 0 Å². The van der Waals surface area contributed by atoms with Crippen molar-refractivity contribution in [3.05, 3.63) is 85.1 Å². The van der Waals surface area contributed by atoms with E-state index in [1.807, 2.05) is 21.1 Å². The Kier molecular flexibility index (Phi) is 44.5. The van der Waals surface area contributed by atoms with Crippen LogP contribution in [0, 0.1) is 0 Å². The molecule has 0 aliphatic heterocycles. The van der Waals surface area contributed by atoms with Gasteiger partial charge >= 0.3 is 5.97 Å². The van der Waals surface area contributed by atoms with Crippen LogP contribution in [0.5, 0.6) is 0 Å². The van der Waals surface area contributed by atoms with Crippen molar-refractivity contribution in [2.24, 2.45) is 0 Å². The van der Waals surface area contributed by atoms with E-state index in [1.54, 1.807) is 0 Å². The van der Waals surface area contributed by atoms with E-state index in [-0.39, 0.29) is 25.8 Å². The maximum Gasteiger partial charge on any atom is 0.306 e. The molecular weight excluding hydrogens is 806 g/mol. The summed E-state index contributed by atoms with van der Waals surface area (Å²) in [6, 6.07) is 0. The highest BCUT2D eigenvalue weighted by atomic mass is 31.2. The van der Waals surface area contributed by atoms with Gasteiger partial charge in [-0.1, -0.05) is 182 Å². The Morgan fingerprint density at radius 2 is 0.921 bits per heavy atom. The van der Waals surface area contributed by atoms with Gasteiger partial charge in [-0.3, -0.25) is 9.36 Å². The number of likely N-dealkylation sites (N-methyl/N-ethyl adjacent to an activating group) is 1. The number of hydrogen-bond acceptors (Lipinski definition) is 7. The monoisotopic (exact) mass is 902 g/mol. The molecule has 2 unspecified atom stereocenters. The number of ether oxygens (including phenoxy) is 2. The Morgan fingerprint density at radius 1 is 0.508 bits per heavy atom. The summed E-state index contributed by atoms with van der Waals surface area (Å²) < 4.78 is 34.7. The summed E-state index contributed by atoms with van der Waals surface area (Å²) in [4.78, 5) is 25.2. The lowest BCUT2D eigenvalue weighted by Crippen LogP contribution is -2.37. The van der Waals surface area contributed by atoms with E-state index in [2.05, 4.69) is 98.9 Å². The van der Waals surface area contributed by atoms with Gasteiger partial charge in [-0.25, -0.2) is 0 Å². The largest absolute Gasteiger partial charge is 0.756 e. The number of unbranched alkanes of at least 4 members (excludes halogenated alkanes) is 18. The van der Waals surface area contributed by atoms with Gasteiger partial charge in [0.1, 0.15) is 19.3 Å². The average molecular weight is 902 g/mol. The minimum absolute atomic E-state index is 0.0176. The van der Waals surface area contributed by atoms with Gasteiger partial charge in [0.05, 0.1) is 34.4 Å². The molecule has 0 radical (unpaired) electrons. The predicted octanol–water partition coefficient (Wildman–Crippen LogP) is 15.0. The molecule has 0 saturated heterocycles. The molecule has 63 heavy (non-hydrogen) atoms. The highest BCUT2D eigenvalue weighted by molar-refractivity contribution is 7.45. The van der Waals surface area contributed by atoms with E-state index < -0.39 is 13.9 Å². The predicted molar refractivity (Wildman–Crippen MR) is 268 cm³/mol. The number of allylic oxidation sites excluding steroid dienone is 14. The van der Waals surface area contributed by atoms with E-state index in [4.69, 9.17) is 18.5 Å². The van der Waals surface area contributed by atoms with E-state index in [0.29, 0.717) is 24.1 Å². The summed E-state index contributed by atoms with van der Waals surface area (Å²) >= 11 is 0. The van der Waals surface area contributed by atoms with Crippen LogP contribution in [0.1, 0.15) is 194 Å². The molecule has 0 aromatic heterocycles. The standard InChI is InChI=1S/C54H96NO7P/c1-6-8-10-12-14-16-18-20-22-24-26-27-28-30-32-34-36-38-40-42-44-46-49-59-51-53(52-61-63(57,58)60-50-48-55(3,4)5)62-54(56)47-45-43-41-39-37-35-33-31-29-25-23-21-19-17-15-13-11-9-7-2/h8,10,14-17,20-23,26-27,29,31,53H,6-7,9,11-13,18-19,24-25,28,30,32-52H2,1-5H3/b10-8-,16-14-,17-15-,22-20-,23-21-,27-26-,31-29-. The molecule has 364 valence electrons. The summed E-state index contributed by atoms with van der Waals surface area (Å²) in [5.41, 5.74) is 0. The van der Waals surface area contributed by atoms with Gasteiger partial charge in [-0.05, 0) is 89.9 Å². The molecule has 0 bridgehead atoms. The Bertz CT molecular complexity index is 1280. The van der Waals surface area contributed by atoms with Crippen molar-refractivity contribution >= 4 is 13.8 Å². The fourth-order valence-electron chi connectivity index (χ4n) is 6.54. The number of phosphoric ester groups is 1. The normalized spacial score (nSPS) is 14.3. The van der Waals surface area contributed by atoms with Crippen LogP contribution in [0.2, 0.25) is 0 Å². The quantitative estimate of drug-likeness (QED) is 0.0197. The highest BCUT2D eigenvalue weighted by Crippen LogP contribution is 2.38. The number of carbonyl (C=O) groups excluding carboxylic acids is 1. The zero-order chi connectivity index (χ0) is 46.2. The minimum Gasteiger partial charge on any atom is -0.756 e. The van der Waals surface area contributed by atoms with Gasteiger partial charge in [0.25, 0.3) is 7.82 Å². The van der Waals surface area contributed by atoms with Gasteiger partial charge in [-0.15, -0.1) is 0 Å². The van der Waals surface area contributed by atoms with Crippen molar-refractivity contribution in [2.75, 3.05) is 54.1 Å². The number of esters is 1. The van der Waals surface area contributed by atoms with Crippen LogP contribution in [0.25, 0.3) is 0 Å². The first-order chi connectivity index (χ1) is 30.6. The number of hydrogen-bond donors (Lipinski definition) is 0. The van der Waals surface area contributed by atoms with Crippen LogP contribution >= 0.6 is 7.82 Å². The zero-order valence-corrected chi connectivity index (χ0v) is 42.1. The number of carbonyl (C=O) groups is 1. The maximum atomic E-state index is 12.7. The molecule has 0 aromatic carbocycles. The second-order valence-corrected chi connectivity index (χ2v) is 19.2. The van der Waals surface area contributed by atoms with E-state index in [9.17, 15) is 14.3 Å². The van der Waals surface area contributed by atoms with Crippen LogP contribution in [0.4, 0.5) is 0 Å². The molecule has 0 spiro atoms. The van der Waals surface area contributed by atoms with Crippen LogP contribution in [-0.2, 0) is 27.9 Å². The molecule has 0 aliphatic rings. The summed E-state index contributed by atoms with van der Waals surface area (Å²) in [6.45, 7) is 5.23. The zero-order valence-electron chi connectivity index (χ0n) is 41.2. The van der Waals surface area contributed by atoms with E-state index >= 15 is 0 Å². The van der Waals surface area contributed by atoms with Crippen molar-refractivity contribution in [2.45, 2.75) is 200 Å². The molecule has 0 amide bonds. The summed E-state index contributed by atoms with van der Waals surface area (Å²) in [5, 5.41) is 0. The second-order valence-electron chi connectivity index (χ2n) is 17.8. The number of quaternary nitrogens is 1. The molecule has 0 rings (SSSR count). The maximum absolute atomic E-state index is 12.7. The van der Waals surface area contributed by atoms with Crippen molar-refractivity contribution < 1.29 is 37.3 Å². The van der Waals surface area contributed by atoms with Crippen LogP contribution in [0.15, 0.2) is 85.1 Å². The number of rotatable bonds is 46. The fourth-order valence-corrected chi connectivity index (χ4v) is 7.27. The Hall–Kier alpha value is -2.32. The third-order valence-corrected chi connectivity index (χ3v) is 11.4. The van der Waals surface area contributed by atoms with Gasteiger partial charge in [0, 0.05) is 13.0 Å². The fraction of sp³-hybridized carbons (Fsp3) is 0.722. The lowest BCUT2D eigenvalue weighted by molar-refractivity contribution is -0.870. The molecule has 0 aliphatic carbocycles. The van der Waals surface area contributed by atoms with Gasteiger partial charge in [-0.2, -0.15) is 0 Å². The molecule has 0 fully saturated rings. The third kappa shape index (κ3) is 50.5. The Morgan fingerprint density at radius 3 is 1.38 bits per heavy atom. The summed E-state index contributed by atoms with van der Waals surface area (Å²) in [6.07, 6.45) is 61.7. The first-order valence-electron chi connectivity index (χ1n) is 25.3. The van der Waals surface area contributed by atoms with Crippen LogP contribution < -0.4 is 4.89 Å². The van der Waals surface area contributed by atoms with Crippen LogP contribution in [0.3, 0.4) is 0 Å². The first kappa shape index (κ1) is 60.7. The molecule has 8 nitrogen and oxygen atoms in total. The minimum atomic E-state index is -4.54. The third-order valence-electron chi connectivity index (χ3n) is 10.4. The topological polar surface area (TPSA) is 94.1 Å². The van der Waals surface area contributed by atoms with Crippen molar-refractivity contribution in [1.82, 2.24) is 0 Å². The Labute approximate surface area is 388 Å².